The lowest BCUT2D eigenvalue weighted by atomic mass is 10.1. The highest BCUT2D eigenvalue weighted by Crippen LogP contribution is 2.24. The third kappa shape index (κ3) is 6.27. The monoisotopic (exact) mass is 522 g/mol. The van der Waals surface area contributed by atoms with E-state index in [1.807, 2.05) is 0 Å². The molecule has 0 spiro atoms. The molecular formula is C21H23ClN6O8. The molecule has 2 fully saturated rings. The number of hydrazine groups is 2. The van der Waals surface area contributed by atoms with Crippen LogP contribution in [0.1, 0.15) is 25.7 Å². The highest BCUT2D eigenvalue weighted by molar-refractivity contribution is 6.39. The molecule has 1 aromatic carbocycles. The number of carboxylic acids is 1. The Morgan fingerprint density at radius 1 is 1.11 bits per heavy atom. The van der Waals surface area contributed by atoms with Crippen molar-refractivity contribution < 1.29 is 38.7 Å². The quantitative estimate of drug-likeness (QED) is 0.272. The largest absolute Gasteiger partial charge is 0.481 e. The van der Waals surface area contributed by atoms with Gasteiger partial charge in [0.25, 0.3) is 0 Å². The molecule has 2 aliphatic rings. The highest BCUT2D eigenvalue weighted by Gasteiger charge is 2.44. The normalized spacial score (nSPS) is 18.5. The standard InChI is InChI=1S/C21H23ClN6O8/c22-12-3-5-13(6-4-12)23-19(34)20(35)25-26-9-7-16(30)27-8-1-2-15(28(27)21(26)36)18(33)24-14(11-29)10-17(31)32/h3-6,11,14-15H,1-2,7-10H2,(H,23,34)(H,24,33)(H,25,35)(H,31,32). The average molecular weight is 523 g/mol. The van der Waals surface area contributed by atoms with E-state index < -0.39 is 54.1 Å². The molecule has 0 saturated carbocycles. The van der Waals surface area contributed by atoms with Crippen molar-refractivity contribution in [2.45, 2.75) is 37.8 Å². The smallest absolute Gasteiger partial charge is 0.358 e. The predicted molar refractivity (Wildman–Crippen MR) is 122 cm³/mol. The van der Waals surface area contributed by atoms with E-state index in [-0.39, 0.29) is 37.9 Å². The van der Waals surface area contributed by atoms with Gasteiger partial charge in [-0.05, 0) is 37.1 Å². The van der Waals surface area contributed by atoms with E-state index in [1.165, 1.54) is 24.3 Å². The van der Waals surface area contributed by atoms with Crippen molar-refractivity contribution in [1.29, 1.82) is 0 Å². The number of urea groups is 1. The Balaban J connectivity index is 1.74. The predicted octanol–water partition coefficient (Wildman–Crippen LogP) is -0.498. The van der Waals surface area contributed by atoms with Gasteiger partial charge >= 0.3 is 23.8 Å². The highest BCUT2D eigenvalue weighted by atomic mass is 35.5. The number of nitrogens with zero attached hydrogens (tertiary/aromatic N) is 3. The molecule has 192 valence electrons. The van der Waals surface area contributed by atoms with Crippen molar-refractivity contribution in [2.24, 2.45) is 0 Å². The van der Waals surface area contributed by atoms with Crippen LogP contribution in [0.25, 0.3) is 0 Å². The second kappa shape index (κ2) is 11.5. The number of aliphatic carboxylic acids is 1. The second-order valence-corrected chi connectivity index (χ2v) is 8.39. The van der Waals surface area contributed by atoms with Gasteiger partial charge in [0.1, 0.15) is 12.3 Å². The number of carboxylic acid groups (broad SMARTS) is 1. The van der Waals surface area contributed by atoms with Crippen LogP contribution in [0.2, 0.25) is 5.02 Å². The lowest BCUT2D eigenvalue weighted by molar-refractivity contribution is -0.155. The van der Waals surface area contributed by atoms with E-state index in [0.29, 0.717) is 11.4 Å². The number of fused-ring (bicyclic) bond motifs is 1. The molecule has 3 rings (SSSR count). The van der Waals surface area contributed by atoms with Gasteiger partial charge in [-0.1, -0.05) is 11.6 Å². The molecular weight excluding hydrogens is 500 g/mol. The summed E-state index contributed by atoms with van der Waals surface area (Å²) >= 11 is 5.79. The lowest BCUT2D eigenvalue weighted by Gasteiger charge is -2.42. The third-order valence-corrected chi connectivity index (χ3v) is 5.65. The Hall–Kier alpha value is -4.20. The number of hydrogen-bond donors (Lipinski definition) is 4. The Morgan fingerprint density at radius 2 is 1.81 bits per heavy atom. The maximum absolute atomic E-state index is 13.3. The number of carbonyl (C=O) groups excluding carboxylic acids is 6. The molecule has 0 aromatic heterocycles. The summed E-state index contributed by atoms with van der Waals surface area (Å²) in [5, 5.41) is 16.6. The average Bonchev–Trinajstić information content (AvgIpc) is 2.96. The summed E-state index contributed by atoms with van der Waals surface area (Å²) in [4.78, 5) is 85.6. The Morgan fingerprint density at radius 3 is 2.44 bits per heavy atom. The summed E-state index contributed by atoms with van der Waals surface area (Å²) in [6.45, 7) is -0.144. The van der Waals surface area contributed by atoms with Crippen molar-refractivity contribution in [3.05, 3.63) is 29.3 Å². The first-order chi connectivity index (χ1) is 17.1. The van der Waals surface area contributed by atoms with Gasteiger partial charge in [0, 0.05) is 23.7 Å². The number of amides is 6. The topological polar surface area (TPSA) is 186 Å². The SMILES string of the molecule is O=CC(CC(=O)O)NC(=O)C1CCCN2C(=O)CCN(NC(=O)C(=O)Nc3ccc(Cl)cc3)C(=O)N12. The molecule has 2 saturated heterocycles. The summed E-state index contributed by atoms with van der Waals surface area (Å²) in [5.41, 5.74) is 2.43. The number of nitrogens with one attached hydrogen (secondary N) is 3. The van der Waals surface area contributed by atoms with Crippen molar-refractivity contribution >= 4 is 59.2 Å². The summed E-state index contributed by atoms with van der Waals surface area (Å²) in [6.07, 6.45) is -0.143. The minimum absolute atomic E-state index is 0.110. The molecule has 2 aliphatic heterocycles. The van der Waals surface area contributed by atoms with Crippen LogP contribution in [-0.2, 0) is 28.8 Å². The zero-order valence-electron chi connectivity index (χ0n) is 18.8. The van der Waals surface area contributed by atoms with Crippen LogP contribution >= 0.6 is 11.6 Å². The van der Waals surface area contributed by atoms with Gasteiger partial charge < -0.3 is 20.5 Å². The van der Waals surface area contributed by atoms with E-state index in [2.05, 4.69) is 16.1 Å². The van der Waals surface area contributed by atoms with Gasteiger partial charge in [-0.3, -0.25) is 29.4 Å². The van der Waals surface area contributed by atoms with E-state index in [4.69, 9.17) is 16.7 Å². The second-order valence-electron chi connectivity index (χ2n) is 7.95. The van der Waals surface area contributed by atoms with Crippen LogP contribution in [0.3, 0.4) is 0 Å². The Bertz CT molecular complexity index is 1080. The first kappa shape index (κ1) is 26.4. The molecule has 2 atom stereocenters. The van der Waals surface area contributed by atoms with E-state index in [0.717, 1.165) is 15.0 Å². The summed E-state index contributed by atoms with van der Waals surface area (Å²) in [5.74, 6) is -4.94. The molecule has 14 nitrogen and oxygen atoms in total. The zero-order chi connectivity index (χ0) is 26.4. The lowest BCUT2D eigenvalue weighted by Crippen LogP contribution is -2.65. The molecule has 4 N–H and O–H groups in total. The number of halogens is 1. The van der Waals surface area contributed by atoms with Gasteiger partial charge in [0.2, 0.25) is 11.8 Å². The molecule has 15 heteroatoms. The first-order valence-corrected chi connectivity index (χ1v) is 11.2. The van der Waals surface area contributed by atoms with E-state index in [9.17, 15) is 33.6 Å². The Labute approximate surface area is 209 Å². The van der Waals surface area contributed by atoms with Gasteiger partial charge in [-0.25, -0.2) is 19.8 Å². The summed E-state index contributed by atoms with van der Waals surface area (Å²) in [7, 11) is 0. The number of hydrogen-bond acceptors (Lipinski definition) is 7. The molecule has 0 radical (unpaired) electrons. The molecule has 0 bridgehead atoms. The molecule has 0 aliphatic carbocycles. The molecule has 6 amide bonds. The van der Waals surface area contributed by atoms with Crippen LogP contribution in [0.4, 0.5) is 10.5 Å². The maximum atomic E-state index is 13.3. The van der Waals surface area contributed by atoms with Crippen LogP contribution in [0, 0.1) is 0 Å². The summed E-state index contributed by atoms with van der Waals surface area (Å²) < 4.78 is 0. The number of rotatable bonds is 7. The minimum atomic E-state index is -1.34. The minimum Gasteiger partial charge on any atom is -0.481 e. The van der Waals surface area contributed by atoms with E-state index in [1.54, 1.807) is 0 Å². The number of carbonyl (C=O) groups is 7. The number of aldehydes is 1. The molecule has 1 aromatic rings. The number of benzene rings is 1. The van der Waals surface area contributed by atoms with Gasteiger partial charge in [-0.15, -0.1) is 0 Å². The summed E-state index contributed by atoms with van der Waals surface area (Å²) in [6, 6.07) is 2.39. The third-order valence-electron chi connectivity index (χ3n) is 5.40. The van der Waals surface area contributed by atoms with Crippen LogP contribution in [0.15, 0.2) is 24.3 Å². The van der Waals surface area contributed by atoms with Crippen LogP contribution < -0.4 is 16.1 Å². The first-order valence-electron chi connectivity index (χ1n) is 10.9. The maximum Gasteiger partial charge on any atom is 0.358 e. The molecule has 2 heterocycles. The fraction of sp³-hybridized carbons (Fsp3) is 0.381. The number of anilines is 1. The van der Waals surface area contributed by atoms with Crippen molar-refractivity contribution in [1.82, 2.24) is 25.8 Å². The van der Waals surface area contributed by atoms with Gasteiger partial charge in [-0.2, -0.15) is 0 Å². The molecule has 2 unspecified atom stereocenters. The fourth-order valence-electron chi connectivity index (χ4n) is 3.71. The van der Waals surface area contributed by atoms with Gasteiger partial charge in [0.15, 0.2) is 0 Å². The van der Waals surface area contributed by atoms with Gasteiger partial charge in [0.05, 0.1) is 19.0 Å². The van der Waals surface area contributed by atoms with Crippen molar-refractivity contribution in [3.63, 3.8) is 0 Å². The van der Waals surface area contributed by atoms with Crippen LogP contribution in [0.5, 0.6) is 0 Å². The van der Waals surface area contributed by atoms with Crippen LogP contribution in [-0.4, -0.2) is 87.2 Å². The Kier molecular flexibility index (Phi) is 8.42. The zero-order valence-corrected chi connectivity index (χ0v) is 19.6. The van der Waals surface area contributed by atoms with E-state index >= 15 is 0 Å². The fourth-order valence-corrected chi connectivity index (χ4v) is 3.84. The van der Waals surface area contributed by atoms with Crippen molar-refractivity contribution in [3.8, 4) is 0 Å². The molecule has 36 heavy (non-hydrogen) atoms. The van der Waals surface area contributed by atoms with Crippen molar-refractivity contribution in [2.75, 3.05) is 18.4 Å².